The Bertz CT molecular complexity index is 1090. The molecule has 1 N–H and O–H groups in total. The Kier molecular flexibility index (Phi) is 4.75. The molecule has 0 unspecified atom stereocenters. The van der Waals surface area contributed by atoms with Crippen molar-refractivity contribution in [1.82, 2.24) is 14.5 Å². The second-order valence-electron chi connectivity index (χ2n) is 6.69. The van der Waals surface area contributed by atoms with Crippen molar-refractivity contribution in [2.45, 2.75) is 19.6 Å². The molecule has 0 radical (unpaired) electrons. The fourth-order valence-corrected chi connectivity index (χ4v) is 3.36. The van der Waals surface area contributed by atoms with Crippen LogP contribution in [0.5, 0.6) is 0 Å². The molecule has 4 rings (SSSR count). The lowest BCUT2D eigenvalue weighted by molar-refractivity contribution is 0.0728. The average Bonchev–Trinajstić information content (AvgIpc) is 2.73. The molecular formula is C21H18FN3O3. The van der Waals surface area contributed by atoms with E-state index in [9.17, 15) is 19.1 Å². The number of hydrogen-bond donors (Lipinski definition) is 1. The highest BCUT2D eigenvalue weighted by atomic mass is 19.1. The zero-order valence-corrected chi connectivity index (χ0v) is 15.0. The molecule has 1 aromatic carbocycles. The van der Waals surface area contributed by atoms with Crippen LogP contribution in [-0.4, -0.2) is 32.0 Å². The largest absolute Gasteiger partial charge is 0.392 e. The van der Waals surface area contributed by atoms with Crippen LogP contribution in [0.3, 0.4) is 0 Å². The van der Waals surface area contributed by atoms with Crippen molar-refractivity contribution < 1.29 is 14.3 Å². The van der Waals surface area contributed by atoms with Crippen LogP contribution in [0.1, 0.15) is 27.2 Å². The van der Waals surface area contributed by atoms with Crippen LogP contribution in [0.4, 0.5) is 4.39 Å². The van der Waals surface area contributed by atoms with Crippen molar-refractivity contribution in [3.8, 4) is 5.69 Å². The summed E-state index contributed by atoms with van der Waals surface area (Å²) in [5.41, 5.74) is 3.05. The maximum Gasteiger partial charge on any atom is 0.272 e. The summed E-state index contributed by atoms with van der Waals surface area (Å²) in [7, 11) is 0. The van der Waals surface area contributed by atoms with E-state index in [4.69, 9.17) is 0 Å². The molecule has 0 spiro atoms. The first kappa shape index (κ1) is 18.1. The van der Waals surface area contributed by atoms with Gasteiger partial charge in [0.25, 0.3) is 11.5 Å². The van der Waals surface area contributed by atoms with Gasteiger partial charge in [0.2, 0.25) is 0 Å². The van der Waals surface area contributed by atoms with E-state index >= 15 is 0 Å². The lowest BCUT2D eigenvalue weighted by Crippen LogP contribution is -2.37. The number of carbonyl (C=O) groups is 1. The van der Waals surface area contributed by atoms with Crippen molar-refractivity contribution in [3.63, 3.8) is 0 Å². The van der Waals surface area contributed by atoms with Gasteiger partial charge in [-0.25, -0.2) is 4.39 Å². The molecule has 7 heteroatoms. The summed E-state index contributed by atoms with van der Waals surface area (Å²) in [6.45, 7) is 0.674. The van der Waals surface area contributed by atoms with Crippen LogP contribution in [0.25, 0.3) is 5.69 Å². The summed E-state index contributed by atoms with van der Waals surface area (Å²) in [5, 5.41) is 9.26. The normalized spacial score (nSPS) is 13.3. The van der Waals surface area contributed by atoms with Gasteiger partial charge < -0.3 is 10.0 Å². The second-order valence-corrected chi connectivity index (χ2v) is 6.69. The minimum absolute atomic E-state index is 0.157. The van der Waals surface area contributed by atoms with E-state index in [1.807, 2.05) is 0 Å². The number of fused-ring (bicyclic) bond motifs is 1. The molecule has 0 aliphatic carbocycles. The number of amides is 1. The van der Waals surface area contributed by atoms with Gasteiger partial charge in [0.05, 0.1) is 6.61 Å². The molecule has 1 aliphatic heterocycles. The summed E-state index contributed by atoms with van der Waals surface area (Å²) in [5.74, 6) is -0.593. The van der Waals surface area contributed by atoms with E-state index in [-0.39, 0.29) is 29.6 Å². The second kappa shape index (κ2) is 7.36. The topological polar surface area (TPSA) is 75.4 Å². The molecule has 0 saturated carbocycles. The molecule has 0 fully saturated rings. The van der Waals surface area contributed by atoms with E-state index < -0.39 is 0 Å². The summed E-state index contributed by atoms with van der Waals surface area (Å²) in [4.78, 5) is 31.0. The van der Waals surface area contributed by atoms with Crippen LogP contribution < -0.4 is 5.56 Å². The first-order valence-electron chi connectivity index (χ1n) is 8.90. The summed E-state index contributed by atoms with van der Waals surface area (Å²) in [6.07, 6.45) is 3.78. The number of benzene rings is 1. The quantitative estimate of drug-likeness (QED) is 0.756. The summed E-state index contributed by atoms with van der Waals surface area (Å²) in [6, 6.07) is 10.5. The fourth-order valence-electron chi connectivity index (χ4n) is 3.36. The zero-order valence-electron chi connectivity index (χ0n) is 15.0. The van der Waals surface area contributed by atoms with Gasteiger partial charge in [0.15, 0.2) is 0 Å². The Labute approximate surface area is 160 Å². The third kappa shape index (κ3) is 3.44. The number of pyridine rings is 2. The predicted molar refractivity (Wildman–Crippen MR) is 101 cm³/mol. The SMILES string of the molecule is O=C(c1cc(CO)ccn1)N1CCc2cc(=O)n(-c3ccc(F)cc3)cc2C1. The average molecular weight is 379 g/mol. The number of rotatable bonds is 3. The van der Waals surface area contributed by atoms with E-state index in [0.29, 0.717) is 30.8 Å². The molecule has 0 saturated heterocycles. The third-order valence-electron chi connectivity index (χ3n) is 4.86. The minimum Gasteiger partial charge on any atom is -0.392 e. The minimum atomic E-state index is -0.371. The number of halogens is 1. The van der Waals surface area contributed by atoms with E-state index in [2.05, 4.69) is 4.98 Å². The number of nitrogens with zero attached hydrogens (tertiary/aromatic N) is 3. The van der Waals surface area contributed by atoms with Gasteiger partial charge in [-0.15, -0.1) is 0 Å². The Morgan fingerprint density at radius 3 is 2.68 bits per heavy atom. The number of aliphatic hydroxyl groups is 1. The standard InChI is InChI=1S/C21H18FN3O3/c22-17-1-3-18(4-2-17)25-12-16-11-24(8-6-15(16)10-20(25)27)21(28)19-9-14(13-26)5-7-23-19/h1-5,7,9-10,12,26H,6,8,11,13H2. The molecule has 28 heavy (non-hydrogen) atoms. The lowest BCUT2D eigenvalue weighted by atomic mass is 10.0. The van der Waals surface area contributed by atoms with Crippen LogP contribution in [0.15, 0.2) is 59.7 Å². The molecular weight excluding hydrogens is 361 g/mol. The molecule has 6 nitrogen and oxygen atoms in total. The van der Waals surface area contributed by atoms with Gasteiger partial charge in [0.1, 0.15) is 11.5 Å². The van der Waals surface area contributed by atoms with E-state index in [1.165, 1.54) is 22.9 Å². The highest BCUT2D eigenvalue weighted by Crippen LogP contribution is 2.20. The molecule has 1 amide bonds. The summed E-state index contributed by atoms with van der Waals surface area (Å²) >= 11 is 0. The third-order valence-corrected chi connectivity index (χ3v) is 4.86. The van der Waals surface area contributed by atoms with Gasteiger partial charge in [0, 0.05) is 37.2 Å². The Morgan fingerprint density at radius 1 is 1.14 bits per heavy atom. The Hall–Kier alpha value is -3.32. The lowest BCUT2D eigenvalue weighted by Gasteiger charge is -2.29. The highest BCUT2D eigenvalue weighted by molar-refractivity contribution is 5.92. The maximum absolute atomic E-state index is 13.2. The molecule has 2 aromatic heterocycles. The van der Waals surface area contributed by atoms with Gasteiger partial charge in [-0.1, -0.05) is 0 Å². The number of aromatic nitrogens is 2. The van der Waals surface area contributed by atoms with Crippen LogP contribution in [0.2, 0.25) is 0 Å². The maximum atomic E-state index is 13.2. The van der Waals surface area contributed by atoms with Gasteiger partial charge in [-0.3, -0.25) is 19.1 Å². The number of aliphatic hydroxyl groups excluding tert-OH is 1. The molecule has 1 aliphatic rings. The Morgan fingerprint density at radius 2 is 1.93 bits per heavy atom. The fraction of sp³-hybridized carbons (Fsp3) is 0.190. The summed E-state index contributed by atoms with van der Waals surface area (Å²) < 4.78 is 14.6. The molecule has 0 bridgehead atoms. The van der Waals surface area contributed by atoms with Crippen molar-refractivity contribution in [2.75, 3.05) is 6.54 Å². The number of hydrogen-bond acceptors (Lipinski definition) is 4. The number of carbonyl (C=O) groups excluding carboxylic acids is 1. The van der Waals surface area contributed by atoms with Crippen LogP contribution in [0, 0.1) is 5.82 Å². The van der Waals surface area contributed by atoms with E-state index in [1.54, 1.807) is 41.4 Å². The van der Waals surface area contributed by atoms with Crippen molar-refractivity contribution in [1.29, 1.82) is 0 Å². The molecule has 3 aromatic rings. The van der Waals surface area contributed by atoms with Gasteiger partial charge >= 0.3 is 0 Å². The van der Waals surface area contributed by atoms with Crippen LogP contribution in [-0.2, 0) is 19.6 Å². The van der Waals surface area contributed by atoms with Crippen molar-refractivity contribution >= 4 is 5.91 Å². The zero-order chi connectivity index (χ0) is 19.7. The molecule has 0 atom stereocenters. The highest BCUT2D eigenvalue weighted by Gasteiger charge is 2.24. The Balaban J connectivity index is 1.64. The van der Waals surface area contributed by atoms with Crippen molar-refractivity contribution in [3.05, 3.63) is 93.4 Å². The molecule has 3 heterocycles. The monoisotopic (exact) mass is 379 g/mol. The van der Waals surface area contributed by atoms with Crippen LogP contribution >= 0.6 is 0 Å². The predicted octanol–water partition coefficient (Wildman–Crippen LogP) is 2.06. The molecule has 142 valence electrons. The van der Waals surface area contributed by atoms with E-state index in [0.717, 1.165) is 11.1 Å². The smallest absolute Gasteiger partial charge is 0.272 e. The first-order chi connectivity index (χ1) is 13.5. The van der Waals surface area contributed by atoms with Crippen molar-refractivity contribution in [2.24, 2.45) is 0 Å². The van der Waals surface area contributed by atoms with Gasteiger partial charge in [-0.2, -0.15) is 0 Å². The first-order valence-corrected chi connectivity index (χ1v) is 8.90. The van der Waals surface area contributed by atoms with Gasteiger partial charge in [-0.05, 0) is 59.5 Å².